The van der Waals surface area contributed by atoms with Crippen molar-refractivity contribution in [3.8, 4) is 23.7 Å². The van der Waals surface area contributed by atoms with Crippen LogP contribution in [0.1, 0.15) is 19.4 Å². The van der Waals surface area contributed by atoms with Gasteiger partial charge in [0.05, 0.1) is 13.2 Å². The fraction of sp³-hybridized carbons (Fsp3) is 0.333. The van der Waals surface area contributed by atoms with Gasteiger partial charge in [-0.25, -0.2) is 0 Å². The van der Waals surface area contributed by atoms with Gasteiger partial charge in [0, 0.05) is 5.56 Å². The third kappa shape index (κ3) is 6.27. The molecule has 0 aliphatic rings. The summed E-state index contributed by atoms with van der Waals surface area (Å²) in [6.07, 6.45) is 0.0676. The first-order chi connectivity index (χ1) is 9.20. The van der Waals surface area contributed by atoms with E-state index in [1.54, 1.807) is 13.8 Å². The first-order valence-corrected chi connectivity index (χ1v) is 7.85. The minimum atomic E-state index is -3.07. The molecule has 3 nitrogen and oxygen atoms in total. The zero-order valence-electron chi connectivity index (χ0n) is 11.2. The summed E-state index contributed by atoms with van der Waals surface area (Å²) in [6.45, 7) is 4.23. The third-order valence-electron chi connectivity index (χ3n) is 2.06. The zero-order valence-corrected chi connectivity index (χ0v) is 12.1. The highest BCUT2D eigenvalue weighted by Gasteiger charge is 2.21. The van der Waals surface area contributed by atoms with Crippen LogP contribution in [0.3, 0.4) is 0 Å². The molecule has 0 atom stereocenters. The highest BCUT2D eigenvalue weighted by molar-refractivity contribution is 7.54. The van der Waals surface area contributed by atoms with Crippen LogP contribution in [-0.4, -0.2) is 19.4 Å². The standard InChI is InChI=1S/C15H17O3P/c1-3-17-19(16,18-4-2)14-10-6-9-13-15-11-7-5-8-12-15/h5,7-8,11-12H,3-4,14H2,1-2H3. The lowest BCUT2D eigenvalue weighted by Crippen LogP contribution is -1.98. The Hall–Kier alpha value is -1.51. The smallest absolute Gasteiger partial charge is 0.308 e. The molecule has 0 unspecified atom stereocenters. The second-order valence-electron chi connectivity index (χ2n) is 3.52. The maximum atomic E-state index is 12.1. The normalized spacial score (nSPS) is 10.0. The lowest BCUT2D eigenvalue weighted by molar-refractivity contribution is 0.223. The van der Waals surface area contributed by atoms with E-state index in [1.165, 1.54) is 0 Å². The van der Waals surface area contributed by atoms with Crippen molar-refractivity contribution in [3.05, 3.63) is 35.9 Å². The Morgan fingerprint density at radius 1 is 1.05 bits per heavy atom. The predicted octanol–water partition coefficient (Wildman–Crippen LogP) is 3.31. The number of hydrogen-bond donors (Lipinski definition) is 0. The van der Waals surface area contributed by atoms with E-state index in [1.807, 2.05) is 30.3 Å². The van der Waals surface area contributed by atoms with Gasteiger partial charge in [-0.2, -0.15) is 0 Å². The Morgan fingerprint density at radius 2 is 1.68 bits per heavy atom. The quantitative estimate of drug-likeness (QED) is 0.611. The van der Waals surface area contributed by atoms with Crippen molar-refractivity contribution in [2.45, 2.75) is 13.8 Å². The summed E-state index contributed by atoms with van der Waals surface area (Å²) in [5.74, 6) is 11.0. The van der Waals surface area contributed by atoms with Crippen molar-refractivity contribution in [1.29, 1.82) is 0 Å². The van der Waals surface area contributed by atoms with E-state index in [4.69, 9.17) is 9.05 Å². The average Bonchev–Trinajstić information content (AvgIpc) is 2.40. The molecule has 0 heterocycles. The lowest BCUT2D eigenvalue weighted by Gasteiger charge is -2.13. The van der Waals surface area contributed by atoms with Crippen molar-refractivity contribution >= 4 is 7.60 Å². The number of benzene rings is 1. The maximum absolute atomic E-state index is 12.1. The molecule has 4 heteroatoms. The Balaban J connectivity index is 2.59. The summed E-state index contributed by atoms with van der Waals surface area (Å²) in [4.78, 5) is 0. The van der Waals surface area contributed by atoms with Gasteiger partial charge in [0.1, 0.15) is 6.16 Å². The molecule has 1 aromatic carbocycles. The van der Waals surface area contributed by atoms with E-state index in [0.29, 0.717) is 13.2 Å². The van der Waals surface area contributed by atoms with Gasteiger partial charge in [-0.05, 0) is 37.8 Å². The van der Waals surface area contributed by atoms with Crippen LogP contribution in [0, 0.1) is 23.7 Å². The van der Waals surface area contributed by atoms with Gasteiger partial charge >= 0.3 is 7.60 Å². The summed E-state index contributed by atoms with van der Waals surface area (Å²) >= 11 is 0. The first-order valence-electron chi connectivity index (χ1n) is 6.12. The molecule has 0 fully saturated rings. The van der Waals surface area contributed by atoms with Gasteiger partial charge in [-0.1, -0.05) is 30.0 Å². The van der Waals surface area contributed by atoms with Gasteiger partial charge in [-0.3, -0.25) is 4.57 Å². The van der Waals surface area contributed by atoms with Gasteiger partial charge in [0.25, 0.3) is 0 Å². The fourth-order valence-electron chi connectivity index (χ4n) is 1.33. The van der Waals surface area contributed by atoms with Crippen molar-refractivity contribution in [2.24, 2.45) is 0 Å². The number of rotatable bonds is 5. The SMILES string of the molecule is CCOP(=O)(CC#CC#Cc1ccccc1)OCC. The summed E-state index contributed by atoms with van der Waals surface area (Å²) < 4.78 is 22.3. The van der Waals surface area contributed by atoms with Crippen molar-refractivity contribution in [3.63, 3.8) is 0 Å². The predicted molar refractivity (Wildman–Crippen MR) is 76.8 cm³/mol. The fourth-order valence-corrected chi connectivity index (χ4v) is 2.64. The third-order valence-corrected chi connectivity index (χ3v) is 3.90. The van der Waals surface area contributed by atoms with Crippen LogP contribution in [-0.2, 0) is 13.6 Å². The van der Waals surface area contributed by atoms with Crippen molar-refractivity contribution in [1.82, 2.24) is 0 Å². The van der Waals surface area contributed by atoms with E-state index >= 15 is 0 Å². The second kappa shape index (κ2) is 8.57. The molecule has 19 heavy (non-hydrogen) atoms. The van der Waals surface area contributed by atoms with Gasteiger partial charge in [0.2, 0.25) is 0 Å². The molecule has 0 aliphatic heterocycles. The minimum absolute atomic E-state index is 0.0676. The number of hydrogen-bond acceptors (Lipinski definition) is 3. The minimum Gasteiger partial charge on any atom is -0.308 e. The molecule has 1 aromatic rings. The highest BCUT2D eigenvalue weighted by atomic mass is 31.2. The molecule has 0 spiro atoms. The summed E-state index contributed by atoms with van der Waals surface area (Å²) in [6, 6.07) is 9.56. The molecule has 0 aliphatic carbocycles. The van der Waals surface area contributed by atoms with E-state index in [9.17, 15) is 4.57 Å². The van der Waals surface area contributed by atoms with E-state index < -0.39 is 7.60 Å². The Bertz CT molecular complexity index is 533. The van der Waals surface area contributed by atoms with Crippen LogP contribution in [0.2, 0.25) is 0 Å². The van der Waals surface area contributed by atoms with Gasteiger partial charge in [0.15, 0.2) is 0 Å². The molecule has 100 valence electrons. The van der Waals surface area contributed by atoms with Crippen LogP contribution in [0.25, 0.3) is 0 Å². The molecule has 0 saturated heterocycles. The molecular weight excluding hydrogens is 259 g/mol. The first kappa shape index (κ1) is 15.5. The monoisotopic (exact) mass is 276 g/mol. The summed E-state index contributed by atoms with van der Waals surface area (Å²) in [5, 5.41) is 0. The van der Waals surface area contributed by atoms with E-state index in [2.05, 4.69) is 23.7 Å². The molecule has 0 amide bonds. The molecule has 0 aromatic heterocycles. The average molecular weight is 276 g/mol. The van der Waals surface area contributed by atoms with E-state index in [-0.39, 0.29) is 6.16 Å². The largest absolute Gasteiger partial charge is 0.342 e. The molecule has 0 N–H and O–H groups in total. The van der Waals surface area contributed by atoms with Crippen LogP contribution in [0.5, 0.6) is 0 Å². The Labute approximate surface area is 114 Å². The molecular formula is C15H17O3P. The Morgan fingerprint density at radius 3 is 2.26 bits per heavy atom. The maximum Gasteiger partial charge on any atom is 0.342 e. The summed E-state index contributed by atoms with van der Waals surface area (Å²) in [5.41, 5.74) is 0.898. The second-order valence-corrected chi connectivity index (χ2v) is 5.58. The Kier molecular flexibility index (Phi) is 7.01. The van der Waals surface area contributed by atoms with Crippen molar-refractivity contribution in [2.75, 3.05) is 19.4 Å². The lowest BCUT2D eigenvalue weighted by atomic mass is 10.2. The zero-order chi connectivity index (χ0) is 14.0. The van der Waals surface area contributed by atoms with Crippen LogP contribution < -0.4 is 0 Å². The van der Waals surface area contributed by atoms with Gasteiger partial charge < -0.3 is 9.05 Å². The summed E-state index contributed by atoms with van der Waals surface area (Å²) in [7, 11) is -3.07. The van der Waals surface area contributed by atoms with E-state index in [0.717, 1.165) is 5.56 Å². The molecule has 0 saturated carbocycles. The topological polar surface area (TPSA) is 35.5 Å². The van der Waals surface area contributed by atoms with Crippen molar-refractivity contribution < 1.29 is 13.6 Å². The van der Waals surface area contributed by atoms with Crippen LogP contribution >= 0.6 is 7.60 Å². The highest BCUT2D eigenvalue weighted by Crippen LogP contribution is 2.47. The van der Waals surface area contributed by atoms with Crippen LogP contribution in [0.15, 0.2) is 30.3 Å². The molecule has 0 bridgehead atoms. The molecule has 1 rings (SSSR count). The van der Waals surface area contributed by atoms with Crippen LogP contribution in [0.4, 0.5) is 0 Å². The molecule has 0 radical (unpaired) electrons. The van der Waals surface area contributed by atoms with Gasteiger partial charge in [-0.15, -0.1) is 0 Å².